The number of benzene rings is 1. The van der Waals surface area contributed by atoms with Crippen LogP contribution in [0.15, 0.2) is 30.3 Å². The summed E-state index contributed by atoms with van der Waals surface area (Å²) in [6, 6.07) is 7.01. The molecule has 0 aromatic heterocycles. The van der Waals surface area contributed by atoms with Crippen LogP contribution in [0.1, 0.15) is 20.8 Å². The van der Waals surface area contributed by atoms with Crippen LogP contribution < -0.4 is 4.90 Å². The van der Waals surface area contributed by atoms with E-state index in [1.165, 1.54) is 6.92 Å². The molecule has 0 saturated heterocycles. The second-order valence-corrected chi connectivity index (χ2v) is 4.13. The normalized spacial score (nSPS) is 10.1. The van der Waals surface area contributed by atoms with Crippen LogP contribution in [0.3, 0.4) is 0 Å². The van der Waals surface area contributed by atoms with Crippen molar-refractivity contribution in [1.29, 1.82) is 0 Å². The molecule has 6 nitrogen and oxygen atoms in total. The minimum absolute atomic E-state index is 0.106. The number of esters is 2. The quantitative estimate of drug-likeness (QED) is 0.587. The van der Waals surface area contributed by atoms with E-state index in [-0.39, 0.29) is 13.2 Å². The van der Waals surface area contributed by atoms with Gasteiger partial charge in [0.15, 0.2) is 0 Å². The van der Waals surface area contributed by atoms with Gasteiger partial charge in [0.2, 0.25) is 11.9 Å². The van der Waals surface area contributed by atoms with Gasteiger partial charge in [-0.15, -0.1) is 0 Å². The predicted molar refractivity (Wildman–Crippen MR) is 76.7 cm³/mol. The second kappa shape index (κ2) is 8.04. The van der Waals surface area contributed by atoms with E-state index in [0.29, 0.717) is 5.69 Å². The fourth-order valence-corrected chi connectivity index (χ4v) is 1.85. The predicted octanol–water partition coefficient (Wildman–Crippen LogP) is 1.53. The summed E-state index contributed by atoms with van der Waals surface area (Å²) in [5, 5.41) is 0. The minimum atomic E-state index is -1.44. The number of hydrogen-bond acceptors (Lipinski definition) is 5. The Morgan fingerprint density at radius 2 is 1.48 bits per heavy atom. The molecule has 114 valence electrons. The molecular formula is C15H19NO5. The van der Waals surface area contributed by atoms with E-state index >= 15 is 0 Å². The molecule has 0 saturated carbocycles. The third kappa shape index (κ3) is 4.30. The lowest BCUT2D eigenvalue weighted by molar-refractivity contribution is -0.157. The third-order valence-corrected chi connectivity index (χ3v) is 2.65. The molecule has 0 spiro atoms. The average molecular weight is 293 g/mol. The van der Waals surface area contributed by atoms with Crippen LogP contribution in [0.5, 0.6) is 0 Å². The van der Waals surface area contributed by atoms with Crippen LogP contribution >= 0.6 is 0 Å². The monoisotopic (exact) mass is 293 g/mol. The van der Waals surface area contributed by atoms with Crippen molar-refractivity contribution in [3.05, 3.63) is 30.3 Å². The van der Waals surface area contributed by atoms with E-state index < -0.39 is 23.9 Å². The summed E-state index contributed by atoms with van der Waals surface area (Å²) in [6.07, 6.45) is 0. The number of para-hydroxylation sites is 1. The fourth-order valence-electron chi connectivity index (χ4n) is 1.85. The lowest BCUT2D eigenvalue weighted by atomic mass is 10.2. The van der Waals surface area contributed by atoms with Crippen LogP contribution in [0.2, 0.25) is 0 Å². The molecule has 1 aromatic carbocycles. The number of carbonyl (C=O) groups is 3. The largest absolute Gasteiger partial charge is 0.464 e. The summed E-state index contributed by atoms with van der Waals surface area (Å²) >= 11 is 0. The fraction of sp³-hybridized carbons (Fsp3) is 0.400. The smallest absolute Gasteiger partial charge is 0.341 e. The van der Waals surface area contributed by atoms with Crippen LogP contribution in [-0.4, -0.2) is 37.1 Å². The first-order valence-corrected chi connectivity index (χ1v) is 6.71. The van der Waals surface area contributed by atoms with Crippen molar-refractivity contribution in [2.75, 3.05) is 18.1 Å². The van der Waals surface area contributed by atoms with E-state index in [4.69, 9.17) is 9.47 Å². The number of anilines is 1. The molecular weight excluding hydrogens is 274 g/mol. The van der Waals surface area contributed by atoms with Gasteiger partial charge in [0.05, 0.1) is 13.2 Å². The van der Waals surface area contributed by atoms with Crippen LogP contribution in [0, 0.1) is 0 Å². The van der Waals surface area contributed by atoms with Gasteiger partial charge in [-0.3, -0.25) is 9.69 Å². The van der Waals surface area contributed by atoms with Crippen molar-refractivity contribution in [3.8, 4) is 0 Å². The van der Waals surface area contributed by atoms with Gasteiger partial charge in [-0.25, -0.2) is 9.59 Å². The van der Waals surface area contributed by atoms with Crippen molar-refractivity contribution in [2.24, 2.45) is 0 Å². The topological polar surface area (TPSA) is 72.9 Å². The highest BCUT2D eigenvalue weighted by Gasteiger charge is 2.38. The molecule has 1 amide bonds. The Kier molecular flexibility index (Phi) is 6.39. The van der Waals surface area contributed by atoms with Gasteiger partial charge in [0, 0.05) is 12.6 Å². The molecule has 0 atom stereocenters. The molecule has 1 aromatic rings. The zero-order valence-corrected chi connectivity index (χ0v) is 12.4. The lowest BCUT2D eigenvalue weighted by Gasteiger charge is -2.27. The molecule has 1 rings (SSSR count). The molecule has 6 heteroatoms. The Labute approximate surface area is 123 Å². The Bertz CT molecular complexity index is 482. The van der Waals surface area contributed by atoms with Gasteiger partial charge < -0.3 is 9.47 Å². The number of nitrogens with zero attached hydrogens (tertiary/aromatic N) is 1. The maximum Gasteiger partial charge on any atom is 0.341 e. The van der Waals surface area contributed by atoms with E-state index in [9.17, 15) is 14.4 Å². The summed E-state index contributed by atoms with van der Waals surface area (Å²) in [5.74, 6) is -2.07. The molecule has 0 aliphatic carbocycles. The maximum atomic E-state index is 12.1. The molecule has 0 aliphatic heterocycles. The van der Waals surface area contributed by atoms with E-state index in [2.05, 4.69) is 0 Å². The van der Waals surface area contributed by atoms with Crippen LogP contribution in [0.4, 0.5) is 5.69 Å². The first-order chi connectivity index (χ1) is 10.0. The lowest BCUT2D eigenvalue weighted by Crippen LogP contribution is -2.51. The summed E-state index contributed by atoms with van der Waals surface area (Å²) < 4.78 is 9.78. The van der Waals surface area contributed by atoms with Gasteiger partial charge in [-0.2, -0.15) is 0 Å². The van der Waals surface area contributed by atoms with Crippen LogP contribution in [0.25, 0.3) is 0 Å². The summed E-state index contributed by atoms with van der Waals surface area (Å²) in [4.78, 5) is 37.1. The van der Waals surface area contributed by atoms with E-state index in [1.807, 2.05) is 0 Å². The number of hydrogen-bond donors (Lipinski definition) is 0. The highest BCUT2D eigenvalue weighted by atomic mass is 16.6. The van der Waals surface area contributed by atoms with Gasteiger partial charge >= 0.3 is 11.9 Å². The highest BCUT2D eigenvalue weighted by Crippen LogP contribution is 2.19. The molecule has 0 bridgehead atoms. The van der Waals surface area contributed by atoms with E-state index in [1.54, 1.807) is 44.2 Å². The zero-order chi connectivity index (χ0) is 15.8. The van der Waals surface area contributed by atoms with Gasteiger partial charge in [-0.05, 0) is 26.0 Å². The van der Waals surface area contributed by atoms with Crippen molar-refractivity contribution >= 4 is 23.5 Å². The number of carbonyl (C=O) groups excluding carboxylic acids is 3. The van der Waals surface area contributed by atoms with Gasteiger partial charge in [0.1, 0.15) is 0 Å². The molecule has 0 N–H and O–H groups in total. The molecule has 0 fully saturated rings. The molecule has 0 heterocycles. The SMILES string of the molecule is CCOC(=O)C(C(=O)OCC)N(C(C)=O)c1ccccc1. The van der Waals surface area contributed by atoms with Crippen molar-refractivity contribution in [2.45, 2.75) is 26.8 Å². The van der Waals surface area contributed by atoms with Crippen molar-refractivity contribution in [1.82, 2.24) is 0 Å². The minimum Gasteiger partial charge on any atom is -0.464 e. The Morgan fingerprint density at radius 1 is 1.00 bits per heavy atom. The Balaban J connectivity index is 3.21. The maximum absolute atomic E-state index is 12.1. The molecule has 0 aliphatic rings. The zero-order valence-electron chi connectivity index (χ0n) is 12.4. The first-order valence-electron chi connectivity index (χ1n) is 6.71. The van der Waals surface area contributed by atoms with E-state index in [0.717, 1.165) is 4.90 Å². The first kappa shape index (κ1) is 16.7. The summed E-state index contributed by atoms with van der Waals surface area (Å²) in [6.45, 7) is 4.74. The number of ether oxygens (including phenoxy) is 2. The second-order valence-electron chi connectivity index (χ2n) is 4.13. The van der Waals surface area contributed by atoms with Crippen molar-refractivity contribution in [3.63, 3.8) is 0 Å². The van der Waals surface area contributed by atoms with Gasteiger partial charge in [-0.1, -0.05) is 18.2 Å². The average Bonchev–Trinajstić information content (AvgIpc) is 2.45. The molecule has 0 radical (unpaired) electrons. The standard InChI is InChI=1S/C15H19NO5/c1-4-20-14(18)13(15(19)21-5-2)16(11(3)17)12-9-7-6-8-10-12/h6-10,13H,4-5H2,1-3H3. The summed E-state index contributed by atoms with van der Waals surface area (Å²) in [7, 11) is 0. The van der Waals surface area contributed by atoms with Gasteiger partial charge in [0.25, 0.3) is 0 Å². The van der Waals surface area contributed by atoms with Crippen LogP contribution in [-0.2, 0) is 23.9 Å². The summed E-state index contributed by atoms with van der Waals surface area (Å²) in [5.41, 5.74) is 0.427. The number of rotatable bonds is 6. The molecule has 0 unspecified atom stereocenters. The third-order valence-electron chi connectivity index (χ3n) is 2.65. The Morgan fingerprint density at radius 3 is 1.86 bits per heavy atom. The number of amides is 1. The highest BCUT2D eigenvalue weighted by molar-refractivity contribution is 6.10. The van der Waals surface area contributed by atoms with Crippen molar-refractivity contribution < 1.29 is 23.9 Å². The molecule has 21 heavy (non-hydrogen) atoms. The Hall–Kier alpha value is -2.37.